The molecule has 0 aromatic carbocycles. The van der Waals surface area contributed by atoms with E-state index in [-0.39, 0.29) is 11.9 Å². The van der Waals surface area contributed by atoms with Crippen molar-refractivity contribution in [1.29, 1.82) is 0 Å². The van der Waals surface area contributed by atoms with Crippen molar-refractivity contribution in [2.24, 2.45) is 5.92 Å². The minimum atomic E-state index is -0.156. The van der Waals surface area contributed by atoms with Gasteiger partial charge in [-0.05, 0) is 44.9 Å². The lowest BCUT2D eigenvalue weighted by Crippen LogP contribution is -2.20. The van der Waals surface area contributed by atoms with Crippen molar-refractivity contribution >= 4 is 22.4 Å². The molecule has 0 spiro atoms. The summed E-state index contributed by atoms with van der Waals surface area (Å²) in [5.41, 5.74) is 0.955. The molecule has 1 aromatic heterocycles. The van der Waals surface area contributed by atoms with Crippen molar-refractivity contribution in [3.63, 3.8) is 0 Å². The summed E-state index contributed by atoms with van der Waals surface area (Å²) in [5, 5.41) is 4.36. The number of hydrogen-bond donors (Lipinski definition) is 1. The van der Waals surface area contributed by atoms with Gasteiger partial charge in [-0.2, -0.15) is 0 Å². The smallest absolute Gasteiger partial charge is 0.315 e. The Hall–Kier alpha value is -1.10. The van der Waals surface area contributed by atoms with Gasteiger partial charge in [0.2, 0.25) is 0 Å². The van der Waals surface area contributed by atoms with E-state index in [0.29, 0.717) is 6.61 Å². The zero-order chi connectivity index (χ0) is 15.2. The monoisotopic (exact) mass is 310 g/mol. The molecule has 0 aliphatic heterocycles. The summed E-state index contributed by atoms with van der Waals surface area (Å²) in [5.74, 6) is 0.468. The van der Waals surface area contributed by atoms with Crippen LogP contribution in [0.15, 0.2) is 0 Å². The summed E-state index contributed by atoms with van der Waals surface area (Å²) in [4.78, 5) is 17.9. The fourth-order valence-electron chi connectivity index (χ4n) is 2.67. The predicted octanol–water partition coefficient (Wildman–Crippen LogP) is 3.97. The molecule has 1 aromatic rings. The molecule has 0 saturated carbocycles. The van der Waals surface area contributed by atoms with Gasteiger partial charge in [-0.1, -0.05) is 13.8 Å². The van der Waals surface area contributed by atoms with E-state index in [1.807, 2.05) is 6.92 Å². The van der Waals surface area contributed by atoms with E-state index in [4.69, 9.17) is 4.74 Å². The fraction of sp³-hybridized carbons (Fsp3) is 0.750. The van der Waals surface area contributed by atoms with Crippen LogP contribution in [0.1, 0.15) is 62.9 Å². The Morgan fingerprint density at radius 2 is 2.33 bits per heavy atom. The third kappa shape index (κ3) is 4.43. The largest absolute Gasteiger partial charge is 0.465 e. The third-order valence-corrected chi connectivity index (χ3v) is 4.85. The molecule has 0 saturated heterocycles. The molecule has 0 amide bonds. The minimum Gasteiger partial charge on any atom is -0.465 e. The molecule has 1 aliphatic rings. The number of fused-ring (bicyclic) bond motifs is 1. The zero-order valence-corrected chi connectivity index (χ0v) is 14.1. The molecule has 0 fully saturated rings. The average Bonchev–Trinajstić information content (AvgIpc) is 2.86. The molecule has 1 heterocycles. The molecule has 0 bridgehead atoms. The normalized spacial score (nSPS) is 17.6. The second-order valence-electron chi connectivity index (χ2n) is 5.99. The molecule has 4 nitrogen and oxygen atoms in total. The van der Waals surface area contributed by atoms with Crippen LogP contribution in [0.2, 0.25) is 0 Å². The van der Waals surface area contributed by atoms with Gasteiger partial charge in [0, 0.05) is 11.4 Å². The number of aryl methyl sites for hydroxylation is 1. The molecule has 0 radical (unpaired) electrons. The second kappa shape index (κ2) is 7.78. The van der Waals surface area contributed by atoms with Gasteiger partial charge in [-0.3, -0.25) is 4.79 Å². The number of carbonyl (C=O) groups is 1. The number of esters is 1. The van der Waals surface area contributed by atoms with Crippen molar-refractivity contribution in [2.45, 2.75) is 58.8 Å². The number of hydrogen-bond acceptors (Lipinski definition) is 5. The lowest BCUT2D eigenvalue weighted by molar-refractivity contribution is -0.145. The average molecular weight is 310 g/mol. The highest BCUT2D eigenvalue weighted by molar-refractivity contribution is 7.15. The number of anilines is 1. The Labute approximate surface area is 131 Å². The van der Waals surface area contributed by atoms with Crippen LogP contribution in [-0.2, 0) is 16.0 Å². The molecule has 1 atom stereocenters. The number of ether oxygens (including phenoxy) is 1. The van der Waals surface area contributed by atoms with Gasteiger partial charge in [-0.25, -0.2) is 4.98 Å². The number of aromatic nitrogens is 1. The first-order valence-corrected chi connectivity index (χ1v) is 8.83. The van der Waals surface area contributed by atoms with Crippen molar-refractivity contribution in [3.05, 3.63) is 10.6 Å². The lowest BCUT2D eigenvalue weighted by Gasteiger charge is -2.19. The van der Waals surface area contributed by atoms with Crippen LogP contribution in [0.5, 0.6) is 0 Å². The first kappa shape index (κ1) is 16.3. The van der Waals surface area contributed by atoms with E-state index in [1.165, 1.54) is 11.3 Å². The summed E-state index contributed by atoms with van der Waals surface area (Å²) in [6.07, 6.45) is 5.33. The Kier molecular flexibility index (Phi) is 6.03. The zero-order valence-electron chi connectivity index (χ0n) is 13.3. The van der Waals surface area contributed by atoms with Gasteiger partial charge in [0.1, 0.15) is 5.92 Å². The maximum absolute atomic E-state index is 12.0. The minimum absolute atomic E-state index is 0.116. The van der Waals surface area contributed by atoms with Gasteiger partial charge in [0.05, 0.1) is 12.3 Å². The number of carbonyl (C=O) groups excluding carboxylic acids is 1. The summed E-state index contributed by atoms with van der Waals surface area (Å²) >= 11 is 1.70. The lowest BCUT2D eigenvalue weighted by atomic mass is 9.91. The first-order chi connectivity index (χ1) is 10.1. The maximum Gasteiger partial charge on any atom is 0.315 e. The quantitative estimate of drug-likeness (QED) is 0.611. The molecule has 118 valence electrons. The van der Waals surface area contributed by atoms with E-state index < -0.39 is 0 Å². The number of nitrogens with one attached hydrogen (secondary N) is 1. The van der Waals surface area contributed by atoms with Gasteiger partial charge in [0.15, 0.2) is 5.13 Å². The van der Waals surface area contributed by atoms with Gasteiger partial charge >= 0.3 is 5.97 Å². The van der Waals surface area contributed by atoms with E-state index in [1.54, 1.807) is 11.3 Å². The number of nitrogens with zero attached hydrogens (tertiary/aromatic N) is 1. The molecule has 2 rings (SSSR count). The van der Waals surface area contributed by atoms with Crippen LogP contribution in [0.3, 0.4) is 0 Å². The molecule has 1 unspecified atom stereocenters. The van der Waals surface area contributed by atoms with Crippen molar-refractivity contribution < 1.29 is 9.53 Å². The molecular weight excluding hydrogens is 284 g/mol. The highest BCUT2D eigenvalue weighted by atomic mass is 32.1. The third-order valence-electron chi connectivity index (χ3n) is 3.76. The summed E-state index contributed by atoms with van der Waals surface area (Å²) in [6, 6.07) is 0. The standard InChI is InChI=1S/C16H26N2O2S/c1-4-20-15(19)12-8-5-9-13-14(12)18-16(21-13)17-10-6-7-11(2)3/h11-12H,4-10H2,1-3H3,(H,17,18). The van der Waals surface area contributed by atoms with Crippen LogP contribution < -0.4 is 5.32 Å². The maximum atomic E-state index is 12.0. The highest BCUT2D eigenvalue weighted by Gasteiger charge is 2.31. The predicted molar refractivity (Wildman–Crippen MR) is 87.0 cm³/mol. The van der Waals surface area contributed by atoms with Crippen LogP contribution in [0.25, 0.3) is 0 Å². The second-order valence-corrected chi connectivity index (χ2v) is 7.07. The van der Waals surface area contributed by atoms with Crippen LogP contribution in [0.4, 0.5) is 5.13 Å². The molecule has 1 N–H and O–H groups in total. The number of rotatable bonds is 7. The summed E-state index contributed by atoms with van der Waals surface area (Å²) in [6.45, 7) is 7.73. The Balaban J connectivity index is 1.96. The van der Waals surface area contributed by atoms with Crippen molar-refractivity contribution in [3.8, 4) is 0 Å². The van der Waals surface area contributed by atoms with E-state index >= 15 is 0 Å². The number of thiazole rings is 1. The fourth-order valence-corrected chi connectivity index (χ4v) is 3.76. The molecule has 1 aliphatic carbocycles. The molecular formula is C16H26N2O2S. The Morgan fingerprint density at radius 1 is 1.52 bits per heavy atom. The van der Waals surface area contributed by atoms with Crippen molar-refractivity contribution in [1.82, 2.24) is 4.98 Å². The SMILES string of the molecule is CCOC(=O)C1CCCc2sc(NCCCC(C)C)nc21. The van der Waals surface area contributed by atoms with E-state index in [2.05, 4.69) is 24.1 Å². The van der Waals surface area contributed by atoms with E-state index in [0.717, 1.165) is 49.0 Å². The summed E-state index contributed by atoms with van der Waals surface area (Å²) in [7, 11) is 0. The Bertz CT molecular complexity index is 471. The van der Waals surface area contributed by atoms with Crippen LogP contribution in [-0.4, -0.2) is 24.1 Å². The van der Waals surface area contributed by atoms with Gasteiger partial charge in [0.25, 0.3) is 0 Å². The van der Waals surface area contributed by atoms with Crippen LogP contribution in [0, 0.1) is 5.92 Å². The van der Waals surface area contributed by atoms with Gasteiger partial charge < -0.3 is 10.1 Å². The van der Waals surface area contributed by atoms with E-state index in [9.17, 15) is 4.79 Å². The topological polar surface area (TPSA) is 51.2 Å². The first-order valence-electron chi connectivity index (χ1n) is 8.02. The van der Waals surface area contributed by atoms with Crippen molar-refractivity contribution in [2.75, 3.05) is 18.5 Å². The highest BCUT2D eigenvalue weighted by Crippen LogP contribution is 2.37. The summed E-state index contributed by atoms with van der Waals surface area (Å²) < 4.78 is 5.18. The molecule has 5 heteroatoms. The van der Waals surface area contributed by atoms with Crippen LogP contribution >= 0.6 is 11.3 Å². The Morgan fingerprint density at radius 3 is 3.05 bits per heavy atom. The van der Waals surface area contributed by atoms with Gasteiger partial charge in [-0.15, -0.1) is 11.3 Å². The molecule has 21 heavy (non-hydrogen) atoms.